The van der Waals surface area contributed by atoms with Crippen LogP contribution in [0.25, 0.3) is 0 Å². The van der Waals surface area contributed by atoms with E-state index >= 15 is 0 Å². The minimum atomic E-state index is -0.607. The first kappa shape index (κ1) is 21.6. The number of carbonyl (C=O) groups excluding carboxylic acids is 1. The van der Waals surface area contributed by atoms with Crippen molar-refractivity contribution in [3.05, 3.63) is 53.6 Å². The molecule has 6 nitrogen and oxygen atoms in total. The highest BCUT2D eigenvalue weighted by atomic mass is 35.5. The molecule has 0 spiro atoms. The van der Waals surface area contributed by atoms with E-state index in [0.717, 1.165) is 11.1 Å². The van der Waals surface area contributed by atoms with Crippen LogP contribution < -0.4 is 25.3 Å². The summed E-state index contributed by atoms with van der Waals surface area (Å²) in [6.45, 7) is 0.317. The summed E-state index contributed by atoms with van der Waals surface area (Å²) in [6, 6.07) is 12.7. The van der Waals surface area contributed by atoms with Gasteiger partial charge < -0.3 is 25.3 Å². The van der Waals surface area contributed by atoms with Crippen molar-refractivity contribution in [1.29, 1.82) is 0 Å². The zero-order valence-corrected chi connectivity index (χ0v) is 16.0. The van der Waals surface area contributed by atoms with Crippen molar-refractivity contribution in [1.82, 2.24) is 5.32 Å². The third kappa shape index (κ3) is 5.54. The number of halogens is 1. The van der Waals surface area contributed by atoms with Gasteiger partial charge in [-0.2, -0.15) is 0 Å². The molecule has 3 N–H and O–H groups in total. The maximum absolute atomic E-state index is 12.2. The number of ether oxygens (including phenoxy) is 3. The predicted molar refractivity (Wildman–Crippen MR) is 103 cm³/mol. The monoisotopic (exact) mass is 380 g/mol. The maximum atomic E-state index is 12.2. The normalized spacial score (nSPS) is 11.1. The molecule has 0 radical (unpaired) electrons. The molecule has 2 aromatic rings. The van der Waals surface area contributed by atoms with Crippen LogP contribution in [0.4, 0.5) is 0 Å². The van der Waals surface area contributed by atoms with Gasteiger partial charge in [-0.1, -0.05) is 30.3 Å². The second kappa shape index (κ2) is 10.5. The van der Waals surface area contributed by atoms with Gasteiger partial charge in [0.2, 0.25) is 11.7 Å². The van der Waals surface area contributed by atoms with Gasteiger partial charge in [0.1, 0.15) is 0 Å². The number of hydrogen-bond acceptors (Lipinski definition) is 5. The Balaban J connectivity index is 0.00000338. The first-order valence-corrected chi connectivity index (χ1v) is 7.95. The molecule has 0 aliphatic heterocycles. The van der Waals surface area contributed by atoms with Gasteiger partial charge >= 0.3 is 0 Å². The number of nitrogens with two attached hydrogens (primary N) is 1. The molecule has 2 aromatic carbocycles. The highest BCUT2D eigenvalue weighted by Gasteiger charge is 2.16. The molecule has 0 bridgehead atoms. The first-order valence-electron chi connectivity index (χ1n) is 7.95. The summed E-state index contributed by atoms with van der Waals surface area (Å²) >= 11 is 0. The van der Waals surface area contributed by atoms with Gasteiger partial charge in [-0.05, 0) is 29.7 Å². The summed E-state index contributed by atoms with van der Waals surface area (Å²) in [7, 11) is 4.65. The van der Waals surface area contributed by atoms with Crippen molar-refractivity contribution in [3.63, 3.8) is 0 Å². The van der Waals surface area contributed by atoms with Gasteiger partial charge in [-0.15, -0.1) is 12.4 Å². The van der Waals surface area contributed by atoms with E-state index in [0.29, 0.717) is 30.2 Å². The maximum Gasteiger partial charge on any atom is 0.237 e. The van der Waals surface area contributed by atoms with Crippen molar-refractivity contribution in [2.75, 3.05) is 21.3 Å². The zero-order valence-electron chi connectivity index (χ0n) is 15.2. The standard InChI is InChI=1S/C19H24N2O4.ClH/c1-23-16-10-14(11-17(24-2)18(16)25-3)12-21-19(22)15(20)9-13-7-5-4-6-8-13;/h4-8,10-11,15H,9,12,20H2,1-3H3,(H,21,22);1H/t15-;/m0./s1. The fourth-order valence-electron chi connectivity index (χ4n) is 2.52. The van der Waals surface area contributed by atoms with Gasteiger partial charge in [0.05, 0.1) is 27.4 Å². The van der Waals surface area contributed by atoms with Crippen LogP contribution in [0.5, 0.6) is 17.2 Å². The molecule has 7 heteroatoms. The molecule has 0 aromatic heterocycles. The fraction of sp³-hybridized carbons (Fsp3) is 0.316. The molecule has 142 valence electrons. The van der Waals surface area contributed by atoms with Crippen LogP contribution in [0.15, 0.2) is 42.5 Å². The van der Waals surface area contributed by atoms with Crippen LogP contribution in [-0.4, -0.2) is 33.3 Å². The quantitative estimate of drug-likeness (QED) is 0.734. The molecule has 0 fully saturated rings. The summed E-state index contributed by atoms with van der Waals surface area (Å²) in [5.41, 5.74) is 7.84. The van der Waals surface area contributed by atoms with Crippen LogP contribution in [0.3, 0.4) is 0 Å². The van der Waals surface area contributed by atoms with E-state index in [1.54, 1.807) is 33.5 Å². The Morgan fingerprint density at radius 2 is 1.58 bits per heavy atom. The number of benzene rings is 2. The van der Waals surface area contributed by atoms with E-state index < -0.39 is 6.04 Å². The Kier molecular flexibility index (Phi) is 8.75. The second-order valence-electron chi connectivity index (χ2n) is 5.55. The molecular formula is C19H25ClN2O4. The number of hydrogen-bond donors (Lipinski definition) is 2. The number of rotatable bonds is 8. The van der Waals surface area contributed by atoms with E-state index in [9.17, 15) is 4.79 Å². The molecule has 0 aliphatic carbocycles. The smallest absolute Gasteiger partial charge is 0.237 e. The SMILES string of the molecule is COc1cc(CNC(=O)[C@@H](N)Cc2ccccc2)cc(OC)c1OC.Cl. The molecule has 2 rings (SSSR count). The summed E-state index contributed by atoms with van der Waals surface area (Å²) in [5.74, 6) is 1.39. The van der Waals surface area contributed by atoms with E-state index in [4.69, 9.17) is 19.9 Å². The number of nitrogens with one attached hydrogen (secondary N) is 1. The molecule has 0 saturated heterocycles. The molecule has 0 heterocycles. The Morgan fingerprint density at radius 1 is 1.00 bits per heavy atom. The summed E-state index contributed by atoms with van der Waals surface area (Å²) in [4.78, 5) is 12.2. The molecule has 0 unspecified atom stereocenters. The van der Waals surface area contributed by atoms with Crippen molar-refractivity contribution in [2.45, 2.75) is 19.0 Å². The predicted octanol–water partition coefficient (Wildman–Crippen LogP) is 2.32. The molecular weight excluding hydrogens is 356 g/mol. The highest BCUT2D eigenvalue weighted by Crippen LogP contribution is 2.38. The van der Waals surface area contributed by atoms with E-state index in [1.807, 2.05) is 30.3 Å². The molecule has 1 atom stereocenters. The van der Waals surface area contributed by atoms with Gasteiger partial charge in [-0.3, -0.25) is 4.79 Å². The topological polar surface area (TPSA) is 82.8 Å². The molecule has 0 saturated carbocycles. The molecule has 0 aliphatic rings. The highest BCUT2D eigenvalue weighted by molar-refractivity contribution is 5.85. The average Bonchev–Trinajstić information content (AvgIpc) is 2.65. The Labute approximate surface area is 160 Å². The lowest BCUT2D eigenvalue weighted by Gasteiger charge is -2.16. The van der Waals surface area contributed by atoms with Gasteiger partial charge in [0.25, 0.3) is 0 Å². The van der Waals surface area contributed by atoms with Crippen LogP contribution in [-0.2, 0) is 17.8 Å². The third-order valence-corrected chi connectivity index (χ3v) is 3.83. The number of carbonyl (C=O) groups is 1. The van der Waals surface area contributed by atoms with E-state index in [-0.39, 0.29) is 18.3 Å². The molecule has 1 amide bonds. The van der Waals surface area contributed by atoms with E-state index in [2.05, 4.69) is 5.32 Å². The minimum absolute atomic E-state index is 0. The fourth-order valence-corrected chi connectivity index (χ4v) is 2.52. The molecule has 26 heavy (non-hydrogen) atoms. The van der Waals surface area contributed by atoms with Crippen molar-refractivity contribution in [2.24, 2.45) is 5.73 Å². The van der Waals surface area contributed by atoms with Crippen molar-refractivity contribution >= 4 is 18.3 Å². The van der Waals surface area contributed by atoms with Crippen LogP contribution in [0.2, 0.25) is 0 Å². The van der Waals surface area contributed by atoms with Crippen LogP contribution in [0, 0.1) is 0 Å². The lowest BCUT2D eigenvalue weighted by molar-refractivity contribution is -0.122. The average molecular weight is 381 g/mol. The summed E-state index contributed by atoms with van der Waals surface area (Å²) in [5, 5.41) is 2.84. The van der Waals surface area contributed by atoms with Crippen molar-refractivity contribution in [3.8, 4) is 17.2 Å². The van der Waals surface area contributed by atoms with E-state index in [1.165, 1.54) is 0 Å². The Morgan fingerprint density at radius 3 is 2.08 bits per heavy atom. The minimum Gasteiger partial charge on any atom is -0.493 e. The number of amides is 1. The number of methoxy groups -OCH3 is 3. The summed E-state index contributed by atoms with van der Waals surface area (Å²) < 4.78 is 15.9. The lowest BCUT2D eigenvalue weighted by atomic mass is 10.1. The zero-order chi connectivity index (χ0) is 18.2. The van der Waals surface area contributed by atoms with Gasteiger partial charge in [0.15, 0.2) is 11.5 Å². The first-order chi connectivity index (χ1) is 12.1. The van der Waals surface area contributed by atoms with Crippen LogP contribution >= 0.6 is 12.4 Å². The van der Waals surface area contributed by atoms with Crippen LogP contribution in [0.1, 0.15) is 11.1 Å². The lowest BCUT2D eigenvalue weighted by Crippen LogP contribution is -2.41. The second-order valence-corrected chi connectivity index (χ2v) is 5.55. The summed E-state index contributed by atoms with van der Waals surface area (Å²) in [6.07, 6.45) is 0.488. The van der Waals surface area contributed by atoms with Crippen molar-refractivity contribution < 1.29 is 19.0 Å². The largest absolute Gasteiger partial charge is 0.493 e. The Hall–Kier alpha value is -2.44. The Bertz CT molecular complexity index is 685. The van der Waals surface area contributed by atoms with Gasteiger partial charge in [0, 0.05) is 6.54 Å². The third-order valence-electron chi connectivity index (χ3n) is 3.83. The van der Waals surface area contributed by atoms with Gasteiger partial charge in [-0.25, -0.2) is 0 Å².